The SMILES string of the molecule is CCCCN(CC(=O)Nc1cc(C)on1)S(=O)(=O)c1ccc(Cl)cc1. The molecule has 2 rings (SSSR count). The minimum atomic E-state index is -3.80. The van der Waals surface area contributed by atoms with E-state index in [1.165, 1.54) is 24.3 Å². The lowest BCUT2D eigenvalue weighted by Gasteiger charge is -2.21. The van der Waals surface area contributed by atoms with E-state index in [9.17, 15) is 13.2 Å². The molecule has 9 heteroatoms. The van der Waals surface area contributed by atoms with Crippen LogP contribution in [0, 0.1) is 6.92 Å². The fourth-order valence-corrected chi connectivity index (χ4v) is 3.70. The van der Waals surface area contributed by atoms with Gasteiger partial charge in [-0.3, -0.25) is 4.79 Å². The Kier molecular flexibility index (Phi) is 6.57. The van der Waals surface area contributed by atoms with E-state index in [0.29, 0.717) is 17.2 Å². The molecule has 2 aromatic rings. The zero-order valence-electron chi connectivity index (χ0n) is 14.0. The van der Waals surface area contributed by atoms with Crippen LogP contribution in [0.2, 0.25) is 5.02 Å². The van der Waals surface area contributed by atoms with Gasteiger partial charge in [0.15, 0.2) is 5.82 Å². The van der Waals surface area contributed by atoms with Crippen LogP contribution < -0.4 is 5.32 Å². The first-order chi connectivity index (χ1) is 11.8. The number of halogens is 1. The van der Waals surface area contributed by atoms with Crippen LogP contribution in [0.3, 0.4) is 0 Å². The number of nitrogens with zero attached hydrogens (tertiary/aromatic N) is 2. The molecule has 0 unspecified atom stereocenters. The Morgan fingerprint density at radius 2 is 2.00 bits per heavy atom. The van der Waals surface area contributed by atoms with Gasteiger partial charge in [0.25, 0.3) is 0 Å². The normalized spacial score (nSPS) is 11.7. The van der Waals surface area contributed by atoms with E-state index in [1.807, 2.05) is 6.92 Å². The molecule has 0 spiro atoms. The lowest BCUT2D eigenvalue weighted by Crippen LogP contribution is -2.38. The van der Waals surface area contributed by atoms with Gasteiger partial charge in [-0.15, -0.1) is 0 Å². The summed E-state index contributed by atoms with van der Waals surface area (Å²) in [7, 11) is -3.80. The number of carbonyl (C=O) groups is 1. The van der Waals surface area contributed by atoms with Crippen molar-refractivity contribution < 1.29 is 17.7 Å². The van der Waals surface area contributed by atoms with Gasteiger partial charge in [-0.05, 0) is 37.6 Å². The highest BCUT2D eigenvalue weighted by molar-refractivity contribution is 7.89. The fourth-order valence-electron chi connectivity index (χ4n) is 2.14. The molecule has 1 heterocycles. The highest BCUT2D eigenvalue weighted by atomic mass is 35.5. The van der Waals surface area contributed by atoms with E-state index in [-0.39, 0.29) is 23.8 Å². The molecule has 0 aliphatic heterocycles. The average Bonchev–Trinajstić information content (AvgIpc) is 2.96. The van der Waals surface area contributed by atoms with E-state index in [2.05, 4.69) is 10.5 Å². The topological polar surface area (TPSA) is 92.5 Å². The third kappa shape index (κ3) is 5.29. The lowest BCUT2D eigenvalue weighted by molar-refractivity contribution is -0.116. The summed E-state index contributed by atoms with van der Waals surface area (Å²) in [5.74, 6) is 0.315. The Bertz CT molecular complexity index is 818. The van der Waals surface area contributed by atoms with Crippen molar-refractivity contribution in [1.82, 2.24) is 9.46 Å². The predicted octanol–water partition coefficient (Wildman–Crippen LogP) is 3.07. The molecule has 0 aliphatic carbocycles. The molecule has 25 heavy (non-hydrogen) atoms. The maximum atomic E-state index is 12.8. The van der Waals surface area contributed by atoms with Crippen LogP contribution in [0.4, 0.5) is 5.82 Å². The maximum Gasteiger partial charge on any atom is 0.243 e. The first-order valence-electron chi connectivity index (χ1n) is 7.82. The van der Waals surface area contributed by atoms with Crippen LogP contribution in [0.5, 0.6) is 0 Å². The molecule has 1 amide bonds. The number of hydrogen-bond donors (Lipinski definition) is 1. The molecule has 0 fully saturated rings. The number of rotatable bonds is 8. The fraction of sp³-hybridized carbons (Fsp3) is 0.375. The quantitative estimate of drug-likeness (QED) is 0.753. The van der Waals surface area contributed by atoms with Crippen molar-refractivity contribution in [1.29, 1.82) is 0 Å². The van der Waals surface area contributed by atoms with Gasteiger partial charge in [0.05, 0.1) is 11.4 Å². The maximum absolute atomic E-state index is 12.8. The van der Waals surface area contributed by atoms with Gasteiger partial charge in [-0.2, -0.15) is 4.31 Å². The smallest absolute Gasteiger partial charge is 0.243 e. The van der Waals surface area contributed by atoms with Crippen LogP contribution in [0.1, 0.15) is 25.5 Å². The van der Waals surface area contributed by atoms with E-state index >= 15 is 0 Å². The molecule has 0 aliphatic rings. The summed E-state index contributed by atoms with van der Waals surface area (Å²) < 4.78 is 31.6. The Balaban J connectivity index is 2.16. The van der Waals surface area contributed by atoms with Gasteiger partial charge >= 0.3 is 0 Å². The summed E-state index contributed by atoms with van der Waals surface area (Å²) in [4.78, 5) is 12.3. The molecule has 1 aromatic heterocycles. The van der Waals surface area contributed by atoms with Crippen LogP contribution >= 0.6 is 11.6 Å². The highest BCUT2D eigenvalue weighted by Gasteiger charge is 2.26. The van der Waals surface area contributed by atoms with Crippen molar-refractivity contribution in [2.75, 3.05) is 18.4 Å². The Hall–Kier alpha value is -1.90. The Morgan fingerprint density at radius 1 is 1.32 bits per heavy atom. The number of benzene rings is 1. The monoisotopic (exact) mass is 385 g/mol. The Morgan fingerprint density at radius 3 is 2.56 bits per heavy atom. The zero-order valence-corrected chi connectivity index (χ0v) is 15.6. The first-order valence-corrected chi connectivity index (χ1v) is 9.63. The van der Waals surface area contributed by atoms with Gasteiger partial charge in [0.1, 0.15) is 5.76 Å². The number of nitrogens with one attached hydrogen (secondary N) is 1. The second kappa shape index (κ2) is 8.46. The zero-order chi connectivity index (χ0) is 18.4. The molecule has 0 radical (unpaired) electrons. The Labute approximate surface area is 152 Å². The van der Waals surface area contributed by atoms with Crippen LogP contribution in [0.25, 0.3) is 0 Å². The molecule has 0 bridgehead atoms. The summed E-state index contributed by atoms with van der Waals surface area (Å²) in [5.41, 5.74) is 0. The number of unbranched alkanes of at least 4 members (excludes halogenated alkanes) is 1. The van der Waals surface area contributed by atoms with Gasteiger partial charge in [0, 0.05) is 17.6 Å². The molecular formula is C16H20ClN3O4S. The number of anilines is 1. The number of aryl methyl sites for hydroxylation is 1. The third-order valence-electron chi connectivity index (χ3n) is 3.43. The van der Waals surface area contributed by atoms with Crippen molar-refractivity contribution in [2.24, 2.45) is 0 Å². The molecule has 1 aromatic carbocycles. The minimum absolute atomic E-state index is 0.0954. The lowest BCUT2D eigenvalue weighted by atomic mass is 10.3. The van der Waals surface area contributed by atoms with Crippen LogP contribution in [0.15, 0.2) is 39.8 Å². The molecule has 1 N–H and O–H groups in total. The molecule has 7 nitrogen and oxygen atoms in total. The number of hydrogen-bond acceptors (Lipinski definition) is 5. The van der Waals surface area contributed by atoms with Crippen molar-refractivity contribution in [3.63, 3.8) is 0 Å². The van der Waals surface area contributed by atoms with Gasteiger partial charge in [-0.1, -0.05) is 30.1 Å². The average molecular weight is 386 g/mol. The predicted molar refractivity (Wildman–Crippen MR) is 95.0 cm³/mol. The second-order valence-electron chi connectivity index (χ2n) is 5.52. The van der Waals surface area contributed by atoms with E-state index in [0.717, 1.165) is 10.7 Å². The van der Waals surface area contributed by atoms with Gasteiger partial charge in [0.2, 0.25) is 15.9 Å². The summed E-state index contributed by atoms with van der Waals surface area (Å²) in [6, 6.07) is 7.42. The van der Waals surface area contributed by atoms with Gasteiger partial charge in [-0.25, -0.2) is 8.42 Å². The number of sulfonamides is 1. The van der Waals surface area contributed by atoms with Crippen LogP contribution in [-0.4, -0.2) is 36.9 Å². The summed E-state index contributed by atoms with van der Waals surface area (Å²) in [6.45, 7) is 3.58. The van der Waals surface area contributed by atoms with Gasteiger partial charge < -0.3 is 9.84 Å². The van der Waals surface area contributed by atoms with E-state index in [4.69, 9.17) is 16.1 Å². The largest absolute Gasteiger partial charge is 0.360 e. The van der Waals surface area contributed by atoms with E-state index < -0.39 is 15.9 Å². The van der Waals surface area contributed by atoms with Crippen molar-refractivity contribution >= 4 is 33.3 Å². The first kappa shape index (κ1) is 19.4. The molecular weight excluding hydrogens is 366 g/mol. The molecule has 136 valence electrons. The minimum Gasteiger partial charge on any atom is -0.360 e. The van der Waals surface area contributed by atoms with Crippen molar-refractivity contribution in [3.05, 3.63) is 41.1 Å². The summed E-state index contributed by atoms with van der Waals surface area (Å²) in [6.07, 6.45) is 1.44. The number of amides is 1. The number of carbonyl (C=O) groups excluding carboxylic acids is 1. The highest BCUT2D eigenvalue weighted by Crippen LogP contribution is 2.19. The third-order valence-corrected chi connectivity index (χ3v) is 5.54. The van der Waals surface area contributed by atoms with Crippen molar-refractivity contribution in [2.45, 2.75) is 31.6 Å². The number of aromatic nitrogens is 1. The van der Waals surface area contributed by atoms with E-state index in [1.54, 1.807) is 13.0 Å². The molecule has 0 saturated carbocycles. The van der Waals surface area contributed by atoms with Crippen LogP contribution in [-0.2, 0) is 14.8 Å². The standard InChI is InChI=1S/C16H20ClN3O4S/c1-3-4-9-20(11-16(21)18-15-10-12(2)24-19-15)25(22,23)14-7-5-13(17)6-8-14/h5-8,10H,3-4,9,11H2,1-2H3,(H,18,19,21). The second-order valence-corrected chi connectivity index (χ2v) is 7.89. The summed E-state index contributed by atoms with van der Waals surface area (Å²) >= 11 is 5.81. The molecule has 0 atom stereocenters. The summed E-state index contributed by atoms with van der Waals surface area (Å²) in [5, 5.41) is 6.64. The molecule has 0 saturated heterocycles. The van der Waals surface area contributed by atoms with Crippen molar-refractivity contribution in [3.8, 4) is 0 Å².